The van der Waals surface area contributed by atoms with Crippen molar-refractivity contribution in [1.29, 1.82) is 0 Å². The Morgan fingerprint density at radius 1 is 1.35 bits per heavy atom. The minimum atomic E-state index is 0.696. The standard InChI is InChI=1S/C13H15N3O/c1-2-17-11-3-4-12-9(5-11)6-13-10(7-14-12)8-15-16-13/h3-5,8,14H,2,6-7H2,1H3,(H,15,16). The number of benzene rings is 1. The Labute approximate surface area is 100 Å². The molecule has 0 saturated carbocycles. The molecule has 4 nitrogen and oxygen atoms in total. The lowest BCUT2D eigenvalue weighted by atomic mass is 10.1. The highest BCUT2D eigenvalue weighted by molar-refractivity contribution is 5.57. The molecule has 0 spiro atoms. The highest BCUT2D eigenvalue weighted by Gasteiger charge is 2.14. The first kappa shape index (κ1) is 10.2. The van der Waals surface area contributed by atoms with Crippen molar-refractivity contribution in [2.24, 2.45) is 0 Å². The molecule has 0 aliphatic carbocycles. The second-order valence-electron chi connectivity index (χ2n) is 4.16. The van der Waals surface area contributed by atoms with Gasteiger partial charge in [-0.05, 0) is 30.7 Å². The molecule has 2 heterocycles. The maximum absolute atomic E-state index is 5.53. The summed E-state index contributed by atoms with van der Waals surface area (Å²) < 4.78 is 5.53. The zero-order valence-corrected chi connectivity index (χ0v) is 9.79. The zero-order chi connectivity index (χ0) is 11.7. The first-order valence-electron chi connectivity index (χ1n) is 5.87. The van der Waals surface area contributed by atoms with Crippen LogP contribution in [0.15, 0.2) is 24.4 Å². The Bertz CT molecular complexity index is 533. The molecule has 88 valence electrons. The lowest BCUT2D eigenvalue weighted by Gasteiger charge is -2.10. The van der Waals surface area contributed by atoms with E-state index in [1.54, 1.807) is 0 Å². The number of hydrogen-bond acceptors (Lipinski definition) is 3. The molecular weight excluding hydrogens is 214 g/mol. The quantitative estimate of drug-likeness (QED) is 0.831. The van der Waals surface area contributed by atoms with Gasteiger partial charge in [0, 0.05) is 29.9 Å². The van der Waals surface area contributed by atoms with Gasteiger partial charge in [-0.3, -0.25) is 5.10 Å². The topological polar surface area (TPSA) is 49.9 Å². The average Bonchev–Trinajstić information content (AvgIpc) is 2.69. The monoisotopic (exact) mass is 229 g/mol. The second-order valence-corrected chi connectivity index (χ2v) is 4.16. The van der Waals surface area contributed by atoms with Crippen molar-refractivity contribution in [3.8, 4) is 5.75 Å². The third-order valence-electron chi connectivity index (χ3n) is 3.03. The molecule has 0 saturated heterocycles. The summed E-state index contributed by atoms with van der Waals surface area (Å²) in [5, 5.41) is 10.6. The molecule has 17 heavy (non-hydrogen) atoms. The number of nitrogens with one attached hydrogen (secondary N) is 2. The summed E-state index contributed by atoms with van der Waals surface area (Å²) in [7, 11) is 0. The van der Waals surface area contributed by atoms with Gasteiger partial charge in [-0.2, -0.15) is 5.10 Å². The summed E-state index contributed by atoms with van der Waals surface area (Å²) in [6.45, 7) is 3.52. The average molecular weight is 229 g/mol. The fourth-order valence-electron chi connectivity index (χ4n) is 2.17. The number of aromatic nitrogens is 2. The van der Waals surface area contributed by atoms with Crippen molar-refractivity contribution >= 4 is 5.69 Å². The number of fused-ring (bicyclic) bond motifs is 2. The van der Waals surface area contributed by atoms with Crippen LogP contribution < -0.4 is 10.1 Å². The number of H-pyrrole nitrogens is 1. The summed E-state index contributed by atoms with van der Waals surface area (Å²) in [6.07, 6.45) is 2.76. The Morgan fingerprint density at radius 2 is 2.29 bits per heavy atom. The number of anilines is 1. The summed E-state index contributed by atoms with van der Waals surface area (Å²) in [6, 6.07) is 6.19. The fourth-order valence-corrected chi connectivity index (χ4v) is 2.17. The molecule has 0 atom stereocenters. The summed E-state index contributed by atoms with van der Waals surface area (Å²) in [5.74, 6) is 0.927. The highest BCUT2D eigenvalue weighted by Crippen LogP contribution is 2.28. The Balaban J connectivity index is 1.98. The number of ether oxygens (including phenoxy) is 1. The van der Waals surface area contributed by atoms with E-state index in [0.29, 0.717) is 6.61 Å². The smallest absolute Gasteiger partial charge is 0.119 e. The Morgan fingerprint density at radius 3 is 3.18 bits per heavy atom. The highest BCUT2D eigenvalue weighted by atomic mass is 16.5. The molecular formula is C13H15N3O. The minimum Gasteiger partial charge on any atom is -0.494 e. The maximum Gasteiger partial charge on any atom is 0.119 e. The number of hydrogen-bond donors (Lipinski definition) is 2. The van der Waals surface area contributed by atoms with Gasteiger partial charge < -0.3 is 10.1 Å². The van der Waals surface area contributed by atoms with E-state index < -0.39 is 0 Å². The van der Waals surface area contributed by atoms with Gasteiger partial charge in [-0.25, -0.2) is 0 Å². The predicted octanol–water partition coefficient (Wildman–Crippen LogP) is 2.32. The number of nitrogens with zero attached hydrogens (tertiary/aromatic N) is 1. The molecule has 1 aromatic heterocycles. The lowest BCUT2D eigenvalue weighted by Crippen LogP contribution is -1.99. The van der Waals surface area contributed by atoms with E-state index in [4.69, 9.17) is 4.74 Å². The van der Waals surface area contributed by atoms with E-state index in [2.05, 4.69) is 27.6 Å². The second kappa shape index (κ2) is 4.13. The molecule has 0 bridgehead atoms. The van der Waals surface area contributed by atoms with E-state index in [0.717, 1.165) is 18.7 Å². The summed E-state index contributed by atoms with van der Waals surface area (Å²) in [5.41, 5.74) is 4.85. The normalized spacial score (nSPS) is 13.2. The van der Waals surface area contributed by atoms with E-state index >= 15 is 0 Å². The molecule has 0 fully saturated rings. The van der Waals surface area contributed by atoms with Crippen molar-refractivity contribution in [3.63, 3.8) is 0 Å². The third kappa shape index (κ3) is 1.86. The Kier molecular flexibility index (Phi) is 2.48. The Hall–Kier alpha value is -1.97. The van der Waals surface area contributed by atoms with Gasteiger partial charge in [0.2, 0.25) is 0 Å². The molecule has 1 aliphatic heterocycles. The van der Waals surface area contributed by atoms with Crippen LogP contribution in [0.4, 0.5) is 5.69 Å². The molecule has 1 aliphatic rings. The fraction of sp³-hybridized carbons (Fsp3) is 0.308. The van der Waals surface area contributed by atoms with Gasteiger partial charge >= 0.3 is 0 Å². The zero-order valence-electron chi connectivity index (χ0n) is 9.79. The summed E-state index contributed by atoms with van der Waals surface area (Å²) in [4.78, 5) is 0. The van der Waals surface area contributed by atoms with Crippen LogP contribution in [-0.2, 0) is 13.0 Å². The van der Waals surface area contributed by atoms with Crippen LogP contribution in [0.2, 0.25) is 0 Å². The van der Waals surface area contributed by atoms with Gasteiger partial charge in [0.25, 0.3) is 0 Å². The molecule has 2 N–H and O–H groups in total. The number of rotatable bonds is 2. The van der Waals surface area contributed by atoms with Gasteiger partial charge in [0.15, 0.2) is 0 Å². The van der Waals surface area contributed by atoms with Gasteiger partial charge in [0.05, 0.1) is 12.8 Å². The number of aromatic amines is 1. The molecule has 0 radical (unpaired) electrons. The van der Waals surface area contributed by atoms with Crippen molar-refractivity contribution in [2.45, 2.75) is 19.9 Å². The van der Waals surface area contributed by atoms with E-state index in [-0.39, 0.29) is 0 Å². The van der Waals surface area contributed by atoms with Crippen molar-refractivity contribution in [1.82, 2.24) is 10.2 Å². The van der Waals surface area contributed by atoms with Crippen molar-refractivity contribution in [3.05, 3.63) is 41.2 Å². The van der Waals surface area contributed by atoms with E-state index in [1.807, 2.05) is 19.2 Å². The van der Waals surface area contributed by atoms with Crippen LogP contribution in [0.1, 0.15) is 23.7 Å². The van der Waals surface area contributed by atoms with E-state index in [9.17, 15) is 0 Å². The van der Waals surface area contributed by atoms with E-state index in [1.165, 1.54) is 22.5 Å². The molecule has 4 heteroatoms. The van der Waals surface area contributed by atoms with Crippen molar-refractivity contribution in [2.75, 3.05) is 11.9 Å². The minimum absolute atomic E-state index is 0.696. The van der Waals surface area contributed by atoms with Crippen LogP contribution in [-0.4, -0.2) is 16.8 Å². The largest absolute Gasteiger partial charge is 0.494 e. The van der Waals surface area contributed by atoms with Crippen molar-refractivity contribution < 1.29 is 4.74 Å². The SMILES string of the molecule is CCOc1ccc2c(c1)Cc1[nH]ncc1CN2. The molecule has 3 rings (SSSR count). The molecule has 0 unspecified atom stereocenters. The maximum atomic E-state index is 5.53. The first-order valence-corrected chi connectivity index (χ1v) is 5.87. The predicted molar refractivity (Wildman–Crippen MR) is 66.3 cm³/mol. The molecule has 2 aromatic rings. The van der Waals surface area contributed by atoms with Crippen LogP contribution in [0.5, 0.6) is 5.75 Å². The van der Waals surface area contributed by atoms with Crippen LogP contribution >= 0.6 is 0 Å². The lowest BCUT2D eigenvalue weighted by molar-refractivity contribution is 0.340. The molecule has 1 aromatic carbocycles. The third-order valence-corrected chi connectivity index (χ3v) is 3.03. The van der Waals surface area contributed by atoms with Crippen LogP contribution in [0.25, 0.3) is 0 Å². The molecule has 0 amide bonds. The van der Waals surface area contributed by atoms with Crippen LogP contribution in [0, 0.1) is 0 Å². The van der Waals surface area contributed by atoms with Crippen LogP contribution in [0.3, 0.4) is 0 Å². The van der Waals surface area contributed by atoms with Gasteiger partial charge in [-0.1, -0.05) is 0 Å². The van der Waals surface area contributed by atoms with Gasteiger partial charge in [0.1, 0.15) is 5.75 Å². The van der Waals surface area contributed by atoms with Gasteiger partial charge in [-0.15, -0.1) is 0 Å². The summed E-state index contributed by atoms with van der Waals surface area (Å²) >= 11 is 0. The first-order chi connectivity index (χ1) is 8.36.